The van der Waals surface area contributed by atoms with Crippen molar-refractivity contribution >= 4 is 40.8 Å². The van der Waals surface area contributed by atoms with Crippen molar-refractivity contribution in [2.24, 2.45) is 0 Å². The molecule has 0 aliphatic heterocycles. The molecular formula is C22H20Cl2N2O5. The highest BCUT2D eigenvalue weighted by molar-refractivity contribution is 6.44. The van der Waals surface area contributed by atoms with E-state index < -0.39 is 18.0 Å². The summed E-state index contributed by atoms with van der Waals surface area (Å²) in [6.45, 7) is 5.34. The van der Waals surface area contributed by atoms with Crippen LogP contribution in [0.5, 0.6) is 5.75 Å². The van der Waals surface area contributed by atoms with Crippen LogP contribution in [0.1, 0.15) is 34.3 Å². The molecule has 0 saturated heterocycles. The smallest absolute Gasteiger partial charge is 0.339 e. The molecule has 0 spiro atoms. The number of aryl methyl sites for hydroxylation is 2. The molecule has 1 atom stereocenters. The Bertz CT molecular complexity index is 1090. The van der Waals surface area contributed by atoms with E-state index in [1.54, 1.807) is 49.4 Å². The van der Waals surface area contributed by atoms with Crippen LogP contribution in [-0.4, -0.2) is 23.1 Å². The number of ether oxygens (including phenoxy) is 2. The number of hydrogen-bond donors (Lipinski definition) is 1. The number of aromatic nitrogens is 1. The molecule has 0 radical (unpaired) electrons. The van der Waals surface area contributed by atoms with Gasteiger partial charge in [-0.25, -0.2) is 4.79 Å². The first kappa shape index (κ1) is 22.7. The Morgan fingerprint density at radius 2 is 1.90 bits per heavy atom. The monoisotopic (exact) mass is 462 g/mol. The van der Waals surface area contributed by atoms with Crippen LogP contribution in [-0.2, 0) is 16.1 Å². The van der Waals surface area contributed by atoms with E-state index in [4.69, 9.17) is 37.2 Å². The minimum atomic E-state index is -1.06. The number of hydrogen-bond acceptors (Lipinski definition) is 6. The molecule has 1 aromatic heterocycles. The van der Waals surface area contributed by atoms with Crippen LogP contribution < -0.4 is 10.1 Å². The van der Waals surface area contributed by atoms with E-state index in [9.17, 15) is 9.59 Å². The number of nitrogens with one attached hydrogen (secondary N) is 1. The number of benzene rings is 2. The predicted molar refractivity (Wildman–Crippen MR) is 117 cm³/mol. The maximum absolute atomic E-state index is 12.5. The Balaban J connectivity index is 1.61. The molecule has 2 aromatic carbocycles. The SMILES string of the molecule is Cc1noc(C)c1COc1cccc(C(=O)O[C@@H](C)C(=O)Nc2cccc(Cl)c2Cl)c1. The van der Waals surface area contributed by atoms with Crippen LogP contribution in [0.4, 0.5) is 5.69 Å². The maximum atomic E-state index is 12.5. The molecule has 3 aromatic rings. The molecule has 1 amide bonds. The first-order valence-electron chi connectivity index (χ1n) is 9.36. The molecular weight excluding hydrogens is 443 g/mol. The summed E-state index contributed by atoms with van der Waals surface area (Å²) < 4.78 is 16.1. The highest BCUT2D eigenvalue weighted by Gasteiger charge is 2.21. The molecule has 0 bridgehead atoms. The zero-order chi connectivity index (χ0) is 22.5. The quantitative estimate of drug-likeness (QED) is 0.475. The van der Waals surface area contributed by atoms with Crippen molar-refractivity contribution in [3.05, 3.63) is 75.1 Å². The number of nitrogens with zero attached hydrogens (tertiary/aromatic N) is 1. The Hall–Kier alpha value is -3.03. The van der Waals surface area contributed by atoms with Gasteiger partial charge >= 0.3 is 5.97 Å². The average molecular weight is 463 g/mol. The molecule has 31 heavy (non-hydrogen) atoms. The molecule has 1 N–H and O–H groups in total. The third-order valence-corrected chi connectivity index (χ3v) is 5.32. The van der Waals surface area contributed by atoms with E-state index in [0.29, 0.717) is 22.2 Å². The molecule has 0 aliphatic rings. The number of carbonyl (C=O) groups excluding carboxylic acids is 2. The Morgan fingerprint density at radius 1 is 1.16 bits per heavy atom. The van der Waals surface area contributed by atoms with Crippen molar-refractivity contribution in [1.29, 1.82) is 0 Å². The number of halogens is 2. The van der Waals surface area contributed by atoms with E-state index in [0.717, 1.165) is 11.3 Å². The highest BCUT2D eigenvalue weighted by Crippen LogP contribution is 2.29. The van der Waals surface area contributed by atoms with Gasteiger partial charge in [0.25, 0.3) is 5.91 Å². The zero-order valence-corrected chi connectivity index (χ0v) is 18.6. The molecule has 0 unspecified atom stereocenters. The number of rotatable bonds is 7. The minimum absolute atomic E-state index is 0.208. The lowest BCUT2D eigenvalue weighted by atomic mass is 10.2. The second kappa shape index (κ2) is 9.85. The summed E-state index contributed by atoms with van der Waals surface area (Å²) in [6.07, 6.45) is -1.06. The van der Waals surface area contributed by atoms with Crippen LogP contribution in [0, 0.1) is 13.8 Å². The van der Waals surface area contributed by atoms with Crippen molar-refractivity contribution in [3.8, 4) is 5.75 Å². The summed E-state index contributed by atoms with van der Waals surface area (Å²) in [5.41, 5.74) is 2.17. The maximum Gasteiger partial charge on any atom is 0.339 e. The number of carbonyl (C=O) groups is 2. The van der Waals surface area contributed by atoms with Crippen LogP contribution in [0.2, 0.25) is 10.0 Å². The molecule has 9 heteroatoms. The largest absolute Gasteiger partial charge is 0.489 e. The third-order valence-electron chi connectivity index (χ3n) is 4.50. The van der Waals surface area contributed by atoms with Gasteiger partial charge in [0.05, 0.1) is 32.6 Å². The van der Waals surface area contributed by atoms with E-state index in [1.807, 2.05) is 6.92 Å². The van der Waals surface area contributed by atoms with Crippen LogP contribution >= 0.6 is 23.2 Å². The van der Waals surface area contributed by atoms with Gasteiger partial charge in [-0.3, -0.25) is 4.79 Å². The zero-order valence-electron chi connectivity index (χ0n) is 17.1. The van der Waals surface area contributed by atoms with Crippen molar-refractivity contribution in [3.63, 3.8) is 0 Å². The Labute approximate surface area is 189 Å². The minimum Gasteiger partial charge on any atom is -0.489 e. The summed E-state index contributed by atoms with van der Waals surface area (Å²) >= 11 is 12.0. The summed E-state index contributed by atoms with van der Waals surface area (Å²) in [4.78, 5) is 24.9. The Morgan fingerprint density at radius 3 is 2.61 bits per heavy atom. The number of amides is 1. The third kappa shape index (κ3) is 5.57. The fourth-order valence-corrected chi connectivity index (χ4v) is 3.04. The summed E-state index contributed by atoms with van der Waals surface area (Å²) in [5.74, 6) is -0.0593. The number of anilines is 1. The van der Waals surface area contributed by atoms with Gasteiger partial charge in [0.1, 0.15) is 18.1 Å². The molecule has 0 aliphatic carbocycles. The molecule has 162 valence electrons. The summed E-state index contributed by atoms with van der Waals surface area (Å²) in [6, 6.07) is 11.3. The van der Waals surface area contributed by atoms with E-state index in [-0.39, 0.29) is 17.2 Å². The van der Waals surface area contributed by atoms with Gasteiger partial charge in [-0.1, -0.05) is 40.5 Å². The second-order valence-electron chi connectivity index (χ2n) is 6.76. The van der Waals surface area contributed by atoms with Gasteiger partial charge in [-0.15, -0.1) is 0 Å². The lowest BCUT2D eigenvalue weighted by Gasteiger charge is -2.15. The molecule has 0 fully saturated rings. The van der Waals surface area contributed by atoms with Crippen molar-refractivity contribution < 1.29 is 23.6 Å². The fraction of sp³-hybridized carbons (Fsp3) is 0.227. The average Bonchev–Trinajstić information content (AvgIpc) is 3.07. The lowest BCUT2D eigenvalue weighted by molar-refractivity contribution is -0.123. The van der Waals surface area contributed by atoms with Crippen molar-refractivity contribution in [2.45, 2.75) is 33.5 Å². The summed E-state index contributed by atoms with van der Waals surface area (Å²) in [5, 5.41) is 6.99. The van der Waals surface area contributed by atoms with Gasteiger partial charge in [0, 0.05) is 0 Å². The Kier molecular flexibility index (Phi) is 7.20. The number of esters is 1. The normalized spacial score (nSPS) is 11.6. The van der Waals surface area contributed by atoms with Crippen LogP contribution in [0.15, 0.2) is 47.0 Å². The van der Waals surface area contributed by atoms with Crippen LogP contribution in [0.25, 0.3) is 0 Å². The highest BCUT2D eigenvalue weighted by atomic mass is 35.5. The molecule has 0 saturated carbocycles. The van der Waals surface area contributed by atoms with E-state index in [1.165, 1.54) is 6.92 Å². The standard InChI is InChI=1S/C22H20Cl2N2O5/c1-12-17(13(2)31-26-12)11-29-16-7-4-6-15(10-16)22(28)30-14(3)21(27)25-19-9-5-8-18(23)20(19)24/h4-10,14H,11H2,1-3H3,(H,25,27)/t14-/m0/s1. The van der Waals surface area contributed by atoms with Crippen molar-refractivity contribution in [2.75, 3.05) is 5.32 Å². The first-order chi connectivity index (χ1) is 14.8. The van der Waals surface area contributed by atoms with E-state index in [2.05, 4.69) is 10.5 Å². The molecule has 3 rings (SSSR count). The van der Waals surface area contributed by atoms with E-state index >= 15 is 0 Å². The van der Waals surface area contributed by atoms with Gasteiger partial charge < -0.3 is 19.3 Å². The van der Waals surface area contributed by atoms with Crippen molar-refractivity contribution in [1.82, 2.24) is 5.16 Å². The summed E-state index contributed by atoms with van der Waals surface area (Å²) in [7, 11) is 0. The topological polar surface area (TPSA) is 90.7 Å². The predicted octanol–water partition coefficient (Wildman–Crippen LogP) is 5.36. The molecule has 1 heterocycles. The fourth-order valence-electron chi connectivity index (χ4n) is 2.69. The second-order valence-corrected chi connectivity index (χ2v) is 7.54. The lowest BCUT2D eigenvalue weighted by Crippen LogP contribution is -2.30. The van der Waals surface area contributed by atoms with Gasteiger partial charge in [0.2, 0.25) is 0 Å². The van der Waals surface area contributed by atoms with Gasteiger partial charge in [0.15, 0.2) is 6.10 Å². The van der Waals surface area contributed by atoms with Gasteiger partial charge in [-0.2, -0.15) is 0 Å². The van der Waals surface area contributed by atoms with Crippen LogP contribution in [0.3, 0.4) is 0 Å². The first-order valence-corrected chi connectivity index (χ1v) is 10.1. The molecule has 7 nitrogen and oxygen atoms in total. The van der Waals surface area contributed by atoms with Gasteiger partial charge in [-0.05, 0) is 51.1 Å².